The van der Waals surface area contributed by atoms with Crippen LogP contribution in [0.5, 0.6) is 0 Å². The Labute approximate surface area is 132 Å². The van der Waals surface area contributed by atoms with Gasteiger partial charge >= 0.3 is 0 Å². The van der Waals surface area contributed by atoms with Crippen LogP contribution in [0.4, 0.5) is 0 Å². The highest BCUT2D eigenvalue weighted by Gasteiger charge is 2.09. The molecule has 20 heavy (non-hydrogen) atoms. The van der Waals surface area contributed by atoms with Crippen molar-refractivity contribution in [1.82, 2.24) is 5.32 Å². The van der Waals surface area contributed by atoms with Crippen molar-refractivity contribution in [2.75, 3.05) is 6.54 Å². The van der Waals surface area contributed by atoms with E-state index in [1.807, 2.05) is 6.07 Å². The molecule has 1 amide bonds. The van der Waals surface area contributed by atoms with Crippen LogP contribution in [0.1, 0.15) is 21.5 Å². The van der Waals surface area contributed by atoms with Gasteiger partial charge in [-0.15, -0.1) is 0 Å². The predicted octanol–water partition coefficient (Wildman–Crippen LogP) is 4.38. The summed E-state index contributed by atoms with van der Waals surface area (Å²) in [7, 11) is 0. The molecule has 2 nitrogen and oxygen atoms in total. The fourth-order valence-corrected chi connectivity index (χ4v) is 2.82. The van der Waals surface area contributed by atoms with Gasteiger partial charge in [0.25, 0.3) is 5.91 Å². The van der Waals surface area contributed by atoms with Crippen LogP contribution in [0, 0.1) is 6.92 Å². The van der Waals surface area contributed by atoms with Crippen LogP contribution in [0.15, 0.2) is 46.9 Å². The maximum Gasteiger partial charge on any atom is 0.252 e. The average Bonchev–Trinajstić information content (AvgIpc) is 2.38. The van der Waals surface area contributed by atoms with Gasteiger partial charge in [0.05, 0.1) is 5.56 Å². The molecule has 2 aromatic carbocycles. The van der Waals surface area contributed by atoms with Gasteiger partial charge in [-0.25, -0.2) is 0 Å². The normalized spacial score (nSPS) is 10.3. The Morgan fingerprint density at radius 2 is 2.05 bits per heavy atom. The van der Waals surface area contributed by atoms with Crippen molar-refractivity contribution in [3.63, 3.8) is 0 Å². The number of hydrogen-bond donors (Lipinski definition) is 1. The monoisotopic (exact) mass is 351 g/mol. The molecule has 0 aromatic heterocycles. The first kappa shape index (κ1) is 15.1. The lowest BCUT2D eigenvalue weighted by Gasteiger charge is -2.07. The molecule has 0 heterocycles. The molecule has 1 N–H and O–H groups in total. The Morgan fingerprint density at radius 1 is 1.25 bits per heavy atom. The number of amides is 1. The molecular formula is C16H15BrClNO. The van der Waals surface area contributed by atoms with Crippen LogP contribution >= 0.6 is 27.5 Å². The van der Waals surface area contributed by atoms with Crippen LogP contribution in [0.25, 0.3) is 0 Å². The lowest BCUT2D eigenvalue weighted by atomic mass is 10.1. The fourth-order valence-electron chi connectivity index (χ4n) is 1.96. The molecular weight excluding hydrogens is 338 g/mol. The highest BCUT2D eigenvalue weighted by molar-refractivity contribution is 9.10. The predicted molar refractivity (Wildman–Crippen MR) is 86.4 cm³/mol. The molecule has 0 aliphatic rings. The number of halogens is 2. The van der Waals surface area contributed by atoms with Gasteiger partial charge in [-0.05, 0) is 53.0 Å². The SMILES string of the molecule is Cc1cccc(CCNC(=O)c2ccc(Cl)cc2Br)c1. The first-order valence-corrected chi connectivity index (χ1v) is 7.52. The molecule has 0 saturated carbocycles. The highest BCUT2D eigenvalue weighted by atomic mass is 79.9. The third-order valence-corrected chi connectivity index (χ3v) is 3.85. The number of benzene rings is 2. The number of hydrogen-bond acceptors (Lipinski definition) is 1. The lowest BCUT2D eigenvalue weighted by Crippen LogP contribution is -2.26. The largest absolute Gasteiger partial charge is 0.352 e. The zero-order chi connectivity index (χ0) is 14.5. The molecule has 0 bridgehead atoms. The topological polar surface area (TPSA) is 29.1 Å². The summed E-state index contributed by atoms with van der Waals surface area (Å²) in [5.41, 5.74) is 3.05. The smallest absolute Gasteiger partial charge is 0.252 e. The minimum Gasteiger partial charge on any atom is -0.352 e. The van der Waals surface area contributed by atoms with Gasteiger partial charge in [0.15, 0.2) is 0 Å². The first-order chi connectivity index (χ1) is 9.56. The fraction of sp³-hybridized carbons (Fsp3) is 0.188. The molecule has 0 radical (unpaired) electrons. The minimum absolute atomic E-state index is 0.0961. The van der Waals surface area contributed by atoms with Crippen molar-refractivity contribution in [2.24, 2.45) is 0 Å². The zero-order valence-electron chi connectivity index (χ0n) is 11.1. The Balaban J connectivity index is 1.92. The van der Waals surface area contributed by atoms with Gasteiger partial charge in [-0.3, -0.25) is 4.79 Å². The summed E-state index contributed by atoms with van der Waals surface area (Å²) in [5, 5.41) is 3.52. The van der Waals surface area contributed by atoms with Crippen molar-refractivity contribution in [3.8, 4) is 0 Å². The standard InChI is InChI=1S/C16H15BrClNO/c1-11-3-2-4-12(9-11)7-8-19-16(20)14-6-5-13(18)10-15(14)17/h2-6,9-10H,7-8H2,1H3,(H,19,20). The highest BCUT2D eigenvalue weighted by Crippen LogP contribution is 2.21. The molecule has 0 spiro atoms. The van der Waals surface area contributed by atoms with Gasteiger partial charge in [0.1, 0.15) is 0 Å². The molecule has 0 saturated heterocycles. The van der Waals surface area contributed by atoms with Crippen LogP contribution in [0.2, 0.25) is 5.02 Å². The van der Waals surface area contributed by atoms with Crippen molar-refractivity contribution in [1.29, 1.82) is 0 Å². The van der Waals surface area contributed by atoms with Crippen LogP contribution < -0.4 is 5.32 Å². The first-order valence-electron chi connectivity index (χ1n) is 6.35. The van der Waals surface area contributed by atoms with E-state index >= 15 is 0 Å². The van der Waals surface area contributed by atoms with Crippen molar-refractivity contribution in [2.45, 2.75) is 13.3 Å². The molecule has 0 aliphatic heterocycles. The van der Waals surface area contributed by atoms with E-state index in [-0.39, 0.29) is 5.91 Å². The number of carbonyl (C=O) groups excluding carboxylic acids is 1. The molecule has 2 rings (SSSR count). The summed E-state index contributed by atoms with van der Waals surface area (Å²) in [6, 6.07) is 13.4. The summed E-state index contributed by atoms with van der Waals surface area (Å²) >= 11 is 9.21. The number of aryl methyl sites for hydroxylation is 1. The van der Waals surface area contributed by atoms with Gasteiger partial charge in [-0.2, -0.15) is 0 Å². The van der Waals surface area contributed by atoms with Gasteiger partial charge in [-0.1, -0.05) is 41.4 Å². The van der Waals surface area contributed by atoms with E-state index in [4.69, 9.17) is 11.6 Å². The third-order valence-electron chi connectivity index (χ3n) is 2.96. The quantitative estimate of drug-likeness (QED) is 0.869. The van der Waals surface area contributed by atoms with Crippen LogP contribution in [-0.4, -0.2) is 12.5 Å². The van der Waals surface area contributed by atoms with Crippen molar-refractivity contribution >= 4 is 33.4 Å². The summed E-state index contributed by atoms with van der Waals surface area (Å²) in [6.45, 7) is 2.67. The number of nitrogens with one attached hydrogen (secondary N) is 1. The maximum absolute atomic E-state index is 12.0. The van der Waals surface area contributed by atoms with E-state index in [1.165, 1.54) is 11.1 Å². The van der Waals surface area contributed by atoms with E-state index in [0.717, 1.165) is 6.42 Å². The Hall–Kier alpha value is -1.32. The van der Waals surface area contributed by atoms with Gasteiger partial charge in [0, 0.05) is 16.0 Å². The Bertz CT molecular complexity index is 628. The summed E-state index contributed by atoms with van der Waals surface area (Å²) in [6.07, 6.45) is 0.818. The van der Waals surface area contributed by atoms with Gasteiger partial charge in [0.2, 0.25) is 0 Å². The van der Waals surface area contributed by atoms with Crippen LogP contribution in [0.3, 0.4) is 0 Å². The summed E-state index contributed by atoms with van der Waals surface area (Å²) in [5.74, 6) is -0.0961. The van der Waals surface area contributed by atoms with E-state index in [2.05, 4.69) is 46.4 Å². The number of rotatable bonds is 4. The Morgan fingerprint density at radius 3 is 2.75 bits per heavy atom. The molecule has 0 fully saturated rings. The average molecular weight is 353 g/mol. The maximum atomic E-state index is 12.0. The zero-order valence-corrected chi connectivity index (χ0v) is 13.5. The van der Waals surface area contributed by atoms with Crippen molar-refractivity contribution < 1.29 is 4.79 Å². The molecule has 2 aromatic rings. The molecule has 4 heteroatoms. The second-order valence-electron chi connectivity index (χ2n) is 4.62. The van der Waals surface area contributed by atoms with E-state index in [0.29, 0.717) is 21.6 Å². The second-order valence-corrected chi connectivity index (χ2v) is 5.91. The lowest BCUT2D eigenvalue weighted by molar-refractivity contribution is 0.0953. The van der Waals surface area contributed by atoms with E-state index in [1.54, 1.807) is 18.2 Å². The molecule has 0 aliphatic carbocycles. The van der Waals surface area contributed by atoms with E-state index < -0.39 is 0 Å². The second kappa shape index (κ2) is 6.91. The summed E-state index contributed by atoms with van der Waals surface area (Å²) in [4.78, 5) is 12.0. The summed E-state index contributed by atoms with van der Waals surface area (Å²) < 4.78 is 0.707. The molecule has 104 valence electrons. The minimum atomic E-state index is -0.0961. The molecule has 0 unspecified atom stereocenters. The third kappa shape index (κ3) is 4.09. The number of carbonyl (C=O) groups is 1. The Kier molecular flexibility index (Phi) is 5.21. The van der Waals surface area contributed by atoms with Gasteiger partial charge < -0.3 is 5.32 Å². The van der Waals surface area contributed by atoms with Crippen molar-refractivity contribution in [3.05, 3.63) is 68.7 Å². The van der Waals surface area contributed by atoms with Crippen LogP contribution in [-0.2, 0) is 6.42 Å². The van der Waals surface area contributed by atoms with E-state index in [9.17, 15) is 4.79 Å². The molecule has 0 atom stereocenters.